The third kappa shape index (κ3) is 3.51. The molecule has 0 unspecified atom stereocenters. The van der Waals surface area contributed by atoms with Crippen LogP contribution in [-0.4, -0.2) is 4.57 Å². The summed E-state index contributed by atoms with van der Waals surface area (Å²) >= 11 is 0. The monoisotopic (exact) mass is 369 g/mol. The van der Waals surface area contributed by atoms with E-state index in [1.165, 1.54) is 16.7 Å². The summed E-state index contributed by atoms with van der Waals surface area (Å²) in [6, 6.07) is 17.4. The molecule has 0 bridgehead atoms. The van der Waals surface area contributed by atoms with Gasteiger partial charge in [-0.1, -0.05) is 30.3 Å². The van der Waals surface area contributed by atoms with Crippen LogP contribution in [0.3, 0.4) is 0 Å². The smallest absolute Gasteiger partial charge is 0.416 e. The van der Waals surface area contributed by atoms with Crippen LogP contribution in [0.5, 0.6) is 0 Å². The molecule has 0 atom stereocenters. The zero-order valence-corrected chi connectivity index (χ0v) is 14.0. The van der Waals surface area contributed by atoms with Crippen molar-refractivity contribution in [2.45, 2.75) is 12.7 Å². The van der Waals surface area contributed by atoms with Gasteiger partial charge in [-0.3, -0.25) is 4.79 Å². The molecular weight excluding hydrogens is 355 g/mol. The lowest BCUT2D eigenvalue weighted by Crippen LogP contribution is -2.19. The SMILES string of the molecule is O=c1ccc(-c2cc3ccccc3o2)cn1Cc1cccc(C(F)(F)F)c1. The molecule has 0 saturated heterocycles. The van der Waals surface area contributed by atoms with E-state index in [-0.39, 0.29) is 12.1 Å². The summed E-state index contributed by atoms with van der Waals surface area (Å²) in [5.41, 5.74) is 0.767. The first kappa shape index (κ1) is 17.1. The molecule has 0 fully saturated rings. The summed E-state index contributed by atoms with van der Waals surface area (Å²) in [6.07, 6.45) is -2.82. The molecule has 0 spiro atoms. The number of aromatic nitrogens is 1. The number of benzene rings is 2. The molecule has 27 heavy (non-hydrogen) atoms. The number of alkyl halides is 3. The Morgan fingerprint density at radius 1 is 0.926 bits per heavy atom. The first-order valence-corrected chi connectivity index (χ1v) is 8.26. The maximum absolute atomic E-state index is 12.9. The predicted molar refractivity (Wildman–Crippen MR) is 96.5 cm³/mol. The van der Waals surface area contributed by atoms with Crippen LogP contribution < -0.4 is 5.56 Å². The summed E-state index contributed by atoms with van der Waals surface area (Å²) in [5.74, 6) is 0.592. The van der Waals surface area contributed by atoms with Gasteiger partial charge in [0.15, 0.2) is 0 Å². The number of halogens is 3. The van der Waals surface area contributed by atoms with Crippen molar-refractivity contribution in [1.29, 1.82) is 0 Å². The largest absolute Gasteiger partial charge is 0.456 e. The number of pyridine rings is 1. The summed E-state index contributed by atoms with van der Waals surface area (Å²) in [7, 11) is 0. The maximum Gasteiger partial charge on any atom is 0.416 e. The standard InChI is InChI=1S/C21H14F3NO2/c22-21(23,24)17-6-3-4-14(10-17)12-25-13-16(8-9-20(25)26)19-11-15-5-1-2-7-18(15)27-19/h1-11,13H,12H2. The Balaban J connectivity index is 1.70. The summed E-state index contributed by atoms with van der Waals surface area (Å²) in [5, 5.41) is 0.933. The third-order valence-electron chi connectivity index (χ3n) is 4.30. The van der Waals surface area contributed by atoms with E-state index < -0.39 is 11.7 Å². The van der Waals surface area contributed by atoms with Crippen LogP contribution in [0.1, 0.15) is 11.1 Å². The molecule has 0 saturated carbocycles. The zero-order chi connectivity index (χ0) is 19.0. The highest BCUT2D eigenvalue weighted by Crippen LogP contribution is 2.30. The first-order chi connectivity index (χ1) is 12.9. The number of fused-ring (bicyclic) bond motifs is 1. The van der Waals surface area contributed by atoms with Crippen LogP contribution in [0.25, 0.3) is 22.3 Å². The predicted octanol–water partition coefficient (Wildman–Crippen LogP) is 5.33. The van der Waals surface area contributed by atoms with Gasteiger partial charge in [-0.05, 0) is 35.9 Å². The highest BCUT2D eigenvalue weighted by Gasteiger charge is 2.30. The number of para-hydroxylation sites is 1. The van der Waals surface area contributed by atoms with Crippen LogP contribution in [0, 0.1) is 0 Å². The number of hydrogen-bond acceptors (Lipinski definition) is 2. The second-order valence-corrected chi connectivity index (χ2v) is 6.23. The second kappa shape index (κ2) is 6.46. The van der Waals surface area contributed by atoms with Crippen LogP contribution in [-0.2, 0) is 12.7 Å². The zero-order valence-electron chi connectivity index (χ0n) is 14.0. The van der Waals surface area contributed by atoms with Gasteiger partial charge < -0.3 is 8.98 Å². The quantitative estimate of drug-likeness (QED) is 0.489. The van der Waals surface area contributed by atoms with Gasteiger partial charge in [0, 0.05) is 23.2 Å². The summed E-state index contributed by atoms with van der Waals surface area (Å²) < 4.78 is 45.8. The van der Waals surface area contributed by atoms with Crippen molar-refractivity contribution in [3.05, 3.63) is 94.4 Å². The van der Waals surface area contributed by atoms with Crippen molar-refractivity contribution in [2.24, 2.45) is 0 Å². The molecule has 0 aliphatic rings. The highest BCUT2D eigenvalue weighted by atomic mass is 19.4. The van der Waals surface area contributed by atoms with Gasteiger partial charge in [0.05, 0.1) is 12.1 Å². The van der Waals surface area contributed by atoms with Gasteiger partial charge in [-0.15, -0.1) is 0 Å². The van der Waals surface area contributed by atoms with Crippen LogP contribution in [0.2, 0.25) is 0 Å². The fourth-order valence-electron chi connectivity index (χ4n) is 2.97. The van der Waals surface area contributed by atoms with Crippen LogP contribution >= 0.6 is 0 Å². The minimum absolute atomic E-state index is 0.0385. The molecule has 6 heteroatoms. The molecule has 0 N–H and O–H groups in total. The topological polar surface area (TPSA) is 35.1 Å². The maximum atomic E-state index is 12.9. The van der Waals surface area contributed by atoms with Crippen LogP contribution in [0.15, 0.2) is 82.1 Å². The van der Waals surface area contributed by atoms with E-state index in [0.29, 0.717) is 16.9 Å². The average Bonchev–Trinajstić information content (AvgIpc) is 3.07. The Morgan fingerprint density at radius 2 is 1.74 bits per heavy atom. The van der Waals surface area contributed by atoms with Gasteiger partial charge >= 0.3 is 6.18 Å². The Hall–Kier alpha value is -3.28. The minimum atomic E-state index is -4.42. The highest BCUT2D eigenvalue weighted by molar-refractivity contribution is 5.82. The molecule has 4 aromatic rings. The lowest BCUT2D eigenvalue weighted by atomic mass is 10.1. The van der Waals surface area contributed by atoms with Crippen molar-refractivity contribution < 1.29 is 17.6 Å². The Morgan fingerprint density at radius 3 is 2.52 bits per heavy atom. The lowest BCUT2D eigenvalue weighted by Gasteiger charge is -2.11. The molecule has 2 aromatic heterocycles. The van der Waals surface area contributed by atoms with E-state index in [9.17, 15) is 18.0 Å². The fourth-order valence-corrected chi connectivity index (χ4v) is 2.97. The number of rotatable bonds is 3. The molecule has 4 rings (SSSR count). The van der Waals surface area contributed by atoms with Crippen molar-refractivity contribution in [3.8, 4) is 11.3 Å². The van der Waals surface area contributed by atoms with E-state index >= 15 is 0 Å². The van der Waals surface area contributed by atoms with E-state index in [2.05, 4.69) is 0 Å². The molecule has 0 aliphatic heterocycles. The lowest BCUT2D eigenvalue weighted by molar-refractivity contribution is -0.137. The fraction of sp³-hybridized carbons (Fsp3) is 0.0952. The normalized spacial score (nSPS) is 11.8. The van der Waals surface area contributed by atoms with Crippen LogP contribution in [0.4, 0.5) is 13.2 Å². The van der Waals surface area contributed by atoms with Gasteiger partial charge in [0.2, 0.25) is 0 Å². The molecule has 3 nitrogen and oxygen atoms in total. The van der Waals surface area contributed by atoms with E-state index in [4.69, 9.17) is 4.42 Å². The van der Waals surface area contributed by atoms with Crippen molar-refractivity contribution in [3.63, 3.8) is 0 Å². The first-order valence-electron chi connectivity index (χ1n) is 8.26. The van der Waals surface area contributed by atoms with E-state index in [1.54, 1.807) is 18.3 Å². The Bertz CT molecular complexity index is 1140. The number of nitrogens with zero attached hydrogens (tertiary/aromatic N) is 1. The van der Waals surface area contributed by atoms with Gasteiger partial charge in [0.1, 0.15) is 11.3 Å². The van der Waals surface area contributed by atoms with Gasteiger partial charge in [-0.2, -0.15) is 13.2 Å². The van der Waals surface area contributed by atoms with E-state index in [1.807, 2.05) is 30.3 Å². The van der Waals surface area contributed by atoms with Gasteiger partial charge in [0.25, 0.3) is 5.56 Å². The molecule has 0 amide bonds. The molecule has 0 aliphatic carbocycles. The minimum Gasteiger partial charge on any atom is -0.456 e. The molecule has 2 heterocycles. The molecular formula is C21H14F3NO2. The van der Waals surface area contributed by atoms with Crippen molar-refractivity contribution in [2.75, 3.05) is 0 Å². The Kier molecular flexibility index (Phi) is 4.11. The number of furan rings is 1. The second-order valence-electron chi connectivity index (χ2n) is 6.23. The summed E-state index contributed by atoms with van der Waals surface area (Å²) in [4.78, 5) is 12.2. The third-order valence-corrected chi connectivity index (χ3v) is 4.30. The molecule has 2 aromatic carbocycles. The molecule has 136 valence electrons. The molecule has 0 radical (unpaired) electrons. The van der Waals surface area contributed by atoms with E-state index in [0.717, 1.165) is 23.1 Å². The van der Waals surface area contributed by atoms with Crippen molar-refractivity contribution in [1.82, 2.24) is 4.57 Å². The van der Waals surface area contributed by atoms with Gasteiger partial charge in [-0.25, -0.2) is 0 Å². The average molecular weight is 369 g/mol. The van der Waals surface area contributed by atoms with Crippen molar-refractivity contribution >= 4 is 11.0 Å². The summed E-state index contributed by atoms with van der Waals surface area (Å²) in [6.45, 7) is 0.0385. The number of hydrogen-bond donors (Lipinski definition) is 0. The Labute approximate surface area is 152 Å².